The molecule has 1 atom stereocenters. The quantitative estimate of drug-likeness (QED) is 0.273. The van der Waals surface area contributed by atoms with Crippen molar-refractivity contribution in [2.24, 2.45) is 0 Å². The van der Waals surface area contributed by atoms with Crippen molar-refractivity contribution in [2.75, 3.05) is 31.9 Å². The topological polar surface area (TPSA) is 190 Å². The molecule has 0 saturated heterocycles. The molecule has 0 rings (SSSR count). The van der Waals surface area contributed by atoms with Crippen molar-refractivity contribution in [3.8, 4) is 0 Å². The monoisotopic (exact) mass is 554 g/mol. The van der Waals surface area contributed by atoms with E-state index < -0.39 is 62.9 Å². The number of aliphatic carboxylic acids is 1. The molecule has 0 saturated carbocycles. The summed E-state index contributed by atoms with van der Waals surface area (Å²) in [6, 6.07) is -1.82. The highest BCUT2D eigenvalue weighted by molar-refractivity contribution is 7.89. The molecular formula is C22H42N4O10S. The highest BCUT2D eigenvalue weighted by Crippen LogP contribution is 2.10. The van der Waals surface area contributed by atoms with Crippen molar-refractivity contribution in [1.29, 1.82) is 0 Å². The standard InChI is InChI=1S/C22H42N4O10S/c1-20(2,3)34-17(29)23-10-12-26(13-11-24-18(30)35-21(4,5)6)37(32,33)14-15(16(27)28)25-19(31)36-22(7,8)9/h15H,10-14H2,1-9H3,(H,23,29)(H,24,30)(H,25,31)(H,27,28). The van der Waals surface area contributed by atoms with Crippen LogP contribution in [0.2, 0.25) is 0 Å². The van der Waals surface area contributed by atoms with E-state index in [0.717, 1.165) is 4.31 Å². The maximum absolute atomic E-state index is 13.1. The van der Waals surface area contributed by atoms with Crippen LogP contribution in [0.25, 0.3) is 0 Å². The Labute approximate surface area is 218 Å². The number of sulfonamides is 1. The van der Waals surface area contributed by atoms with Crippen LogP contribution in [0.4, 0.5) is 14.4 Å². The van der Waals surface area contributed by atoms with E-state index in [0.29, 0.717) is 0 Å². The van der Waals surface area contributed by atoms with Crippen LogP contribution in [0.1, 0.15) is 62.3 Å². The molecule has 0 aromatic rings. The Morgan fingerprint density at radius 1 is 0.730 bits per heavy atom. The lowest BCUT2D eigenvalue weighted by Crippen LogP contribution is -2.51. The number of ether oxygens (including phenoxy) is 3. The maximum Gasteiger partial charge on any atom is 0.408 e. The maximum atomic E-state index is 13.1. The number of nitrogens with zero attached hydrogens (tertiary/aromatic N) is 1. The SMILES string of the molecule is CC(C)(C)OC(=O)NCCN(CCNC(=O)OC(C)(C)C)S(=O)(=O)CC(NC(=O)OC(C)(C)C)C(=O)O. The van der Waals surface area contributed by atoms with Crippen molar-refractivity contribution in [2.45, 2.75) is 85.2 Å². The van der Waals surface area contributed by atoms with Crippen LogP contribution in [0, 0.1) is 0 Å². The third-order valence-corrected chi connectivity index (χ3v) is 5.73. The summed E-state index contributed by atoms with van der Waals surface area (Å²) in [6.07, 6.45) is -2.64. The smallest absolute Gasteiger partial charge is 0.408 e. The summed E-state index contributed by atoms with van der Waals surface area (Å²) < 4.78 is 42.3. The van der Waals surface area contributed by atoms with Crippen LogP contribution in [0.3, 0.4) is 0 Å². The van der Waals surface area contributed by atoms with Gasteiger partial charge in [-0.2, -0.15) is 4.31 Å². The van der Waals surface area contributed by atoms with Crippen molar-refractivity contribution < 1.29 is 46.9 Å². The molecule has 37 heavy (non-hydrogen) atoms. The Kier molecular flexibility index (Phi) is 12.6. The largest absolute Gasteiger partial charge is 0.480 e. The second kappa shape index (κ2) is 13.7. The summed E-state index contributed by atoms with van der Waals surface area (Å²) in [7, 11) is -4.32. The van der Waals surface area contributed by atoms with Gasteiger partial charge in [0.25, 0.3) is 0 Å². The van der Waals surface area contributed by atoms with E-state index in [1.54, 1.807) is 62.3 Å². The number of hydrogen-bond acceptors (Lipinski definition) is 9. The molecule has 216 valence electrons. The van der Waals surface area contributed by atoms with Gasteiger partial charge in [-0.3, -0.25) is 0 Å². The lowest BCUT2D eigenvalue weighted by Gasteiger charge is -2.26. The van der Waals surface area contributed by atoms with Crippen LogP contribution in [0.5, 0.6) is 0 Å². The molecule has 0 aromatic heterocycles. The fourth-order valence-corrected chi connectivity index (χ4v) is 4.12. The Bertz CT molecular complexity index is 868. The summed E-state index contributed by atoms with van der Waals surface area (Å²) in [5, 5.41) is 16.4. The first-order chi connectivity index (χ1) is 16.5. The Morgan fingerprint density at radius 3 is 1.41 bits per heavy atom. The minimum atomic E-state index is -4.32. The van der Waals surface area contributed by atoms with Gasteiger partial charge in [0.05, 0.1) is 5.75 Å². The van der Waals surface area contributed by atoms with E-state index in [2.05, 4.69) is 10.6 Å². The molecule has 0 radical (unpaired) electrons. The van der Waals surface area contributed by atoms with Crippen LogP contribution < -0.4 is 16.0 Å². The third kappa shape index (κ3) is 17.3. The summed E-state index contributed by atoms with van der Waals surface area (Å²) in [6.45, 7) is 13.8. The first-order valence-corrected chi connectivity index (χ1v) is 13.3. The third-order valence-electron chi connectivity index (χ3n) is 3.82. The number of nitrogens with one attached hydrogen (secondary N) is 3. The van der Waals surface area contributed by atoms with Crippen LogP contribution >= 0.6 is 0 Å². The lowest BCUT2D eigenvalue weighted by atomic mass is 10.2. The summed E-state index contributed by atoms with van der Waals surface area (Å²) in [5.41, 5.74) is -2.47. The van der Waals surface area contributed by atoms with Crippen molar-refractivity contribution in [3.63, 3.8) is 0 Å². The number of rotatable bonds is 11. The molecule has 0 aliphatic rings. The Morgan fingerprint density at radius 2 is 1.08 bits per heavy atom. The predicted molar refractivity (Wildman–Crippen MR) is 135 cm³/mol. The number of amides is 3. The van der Waals surface area contributed by atoms with Crippen LogP contribution in [-0.4, -0.2) is 96.9 Å². The van der Waals surface area contributed by atoms with Crippen LogP contribution in [0.15, 0.2) is 0 Å². The summed E-state index contributed by atoms with van der Waals surface area (Å²) in [5.74, 6) is -2.59. The Balaban J connectivity index is 5.48. The van der Waals surface area contributed by atoms with E-state index in [-0.39, 0.29) is 26.2 Å². The second-order valence-corrected chi connectivity index (χ2v) is 13.1. The molecule has 0 spiro atoms. The molecule has 14 nitrogen and oxygen atoms in total. The number of carbonyl (C=O) groups is 4. The van der Waals surface area contributed by atoms with Crippen molar-refractivity contribution >= 4 is 34.3 Å². The number of carboxylic acid groups (broad SMARTS) is 1. The molecule has 0 aromatic carbocycles. The first-order valence-electron chi connectivity index (χ1n) is 11.6. The Hall–Kier alpha value is -2.81. The summed E-state index contributed by atoms with van der Waals surface area (Å²) >= 11 is 0. The fraction of sp³-hybridized carbons (Fsp3) is 0.818. The van der Waals surface area contributed by atoms with Gasteiger partial charge in [-0.1, -0.05) is 0 Å². The molecule has 0 aliphatic carbocycles. The average Bonchev–Trinajstić information content (AvgIpc) is 2.61. The van der Waals surface area contributed by atoms with Crippen molar-refractivity contribution in [3.05, 3.63) is 0 Å². The predicted octanol–water partition coefficient (Wildman–Crippen LogP) is 1.65. The highest BCUT2D eigenvalue weighted by Gasteiger charge is 2.32. The zero-order valence-electron chi connectivity index (χ0n) is 23.1. The zero-order valence-corrected chi connectivity index (χ0v) is 23.9. The van der Waals surface area contributed by atoms with Gasteiger partial charge < -0.3 is 35.3 Å². The highest BCUT2D eigenvalue weighted by atomic mass is 32.2. The zero-order chi connectivity index (χ0) is 29.2. The fourth-order valence-electron chi connectivity index (χ4n) is 2.52. The summed E-state index contributed by atoms with van der Waals surface area (Å²) in [4.78, 5) is 47.5. The van der Waals surface area contributed by atoms with E-state index in [4.69, 9.17) is 14.2 Å². The molecule has 0 bridgehead atoms. The van der Waals surface area contributed by atoms with Gasteiger partial charge in [-0.25, -0.2) is 27.6 Å². The van der Waals surface area contributed by atoms with E-state index in [1.165, 1.54) is 0 Å². The van der Waals surface area contributed by atoms with Crippen LogP contribution in [-0.2, 0) is 29.0 Å². The van der Waals surface area contributed by atoms with E-state index >= 15 is 0 Å². The van der Waals surface area contributed by atoms with Gasteiger partial charge in [0.1, 0.15) is 22.8 Å². The number of alkyl carbamates (subject to hydrolysis) is 3. The van der Waals surface area contributed by atoms with Crippen molar-refractivity contribution in [1.82, 2.24) is 20.3 Å². The number of carboxylic acids is 1. The van der Waals surface area contributed by atoms with Gasteiger partial charge in [-0.15, -0.1) is 0 Å². The van der Waals surface area contributed by atoms with E-state index in [1.807, 2.05) is 5.32 Å². The lowest BCUT2D eigenvalue weighted by molar-refractivity contribution is -0.138. The molecule has 0 aliphatic heterocycles. The minimum Gasteiger partial charge on any atom is -0.480 e. The molecule has 0 fully saturated rings. The normalized spacial score (nSPS) is 13.4. The molecular weight excluding hydrogens is 512 g/mol. The van der Waals surface area contributed by atoms with Gasteiger partial charge >= 0.3 is 24.2 Å². The van der Waals surface area contributed by atoms with Gasteiger partial charge in [0, 0.05) is 26.2 Å². The molecule has 4 N–H and O–H groups in total. The average molecular weight is 555 g/mol. The molecule has 0 heterocycles. The molecule has 3 amide bonds. The van der Waals surface area contributed by atoms with Gasteiger partial charge in [0.15, 0.2) is 0 Å². The van der Waals surface area contributed by atoms with E-state index in [9.17, 15) is 32.7 Å². The number of hydrogen-bond donors (Lipinski definition) is 4. The first kappa shape index (κ1) is 34.2. The van der Waals surface area contributed by atoms with Gasteiger partial charge in [-0.05, 0) is 62.3 Å². The second-order valence-electron chi connectivity index (χ2n) is 11.1. The number of carbonyl (C=O) groups excluding carboxylic acids is 3. The minimum absolute atomic E-state index is 0.169. The van der Waals surface area contributed by atoms with Gasteiger partial charge in [0.2, 0.25) is 10.0 Å². The molecule has 1 unspecified atom stereocenters. The molecule has 15 heteroatoms.